The molecule has 3 rings (SSSR count). The minimum atomic E-state index is 0.0833. The molecule has 0 unspecified atom stereocenters. The molecule has 0 atom stereocenters. The largest absolute Gasteiger partial charge is 0.493 e. The van der Waals surface area contributed by atoms with E-state index in [9.17, 15) is 4.79 Å². The number of carbonyl (C=O) groups is 1. The van der Waals surface area contributed by atoms with Crippen LogP contribution < -0.4 is 19.1 Å². The first-order valence-electron chi connectivity index (χ1n) is 9.13. The molecule has 2 aromatic carbocycles. The van der Waals surface area contributed by atoms with Crippen molar-refractivity contribution in [1.82, 2.24) is 4.90 Å². The van der Waals surface area contributed by atoms with Gasteiger partial charge in [-0.05, 0) is 35.9 Å². The summed E-state index contributed by atoms with van der Waals surface area (Å²) in [5, 5.41) is 0.721. The van der Waals surface area contributed by atoms with E-state index < -0.39 is 0 Å². The summed E-state index contributed by atoms with van der Waals surface area (Å²) in [5.74, 6) is 1.71. The summed E-state index contributed by atoms with van der Waals surface area (Å²) in [6.07, 6.45) is 0.286. The first-order chi connectivity index (χ1) is 13.5. The van der Waals surface area contributed by atoms with Gasteiger partial charge in [0.2, 0.25) is 11.7 Å². The van der Waals surface area contributed by atoms with Crippen molar-refractivity contribution in [3.63, 3.8) is 0 Å². The fraction of sp³-hybridized carbons (Fsp3) is 0.381. The Morgan fingerprint density at radius 1 is 0.964 bits per heavy atom. The van der Waals surface area contributed by atoms with Crippen molar-refractivity contribution in [2.75, 3.05) is 52.4 Å². The van der Waals surface area contributed by atoms with Crippen molar-refractivity contribution in [2.24, 2.45) is 0 Å². The van der Waals surface area contributed by atoms with Crippen molar-refractivity contribution < 1.29 is 19.0 Å². The molecule has 0 bridgehead atoms. The van der Waals surface area contributed by atoms with Gasteiger partial charge in [-0.2, -0.15) is 0 Å². The molecule has 0 aromatic heterocycles. The fourth-order valence-corrected chi connectivity index (χ4v) is 3.60. The topological polar surface area (TPSA) is 51.2 Å². The maximum Gasteiger partial charge on any atom is 0.227 e. The number of hydrogen-bond donors (Lipinski definition) is 0. The summed E-state index contributed by atoms with van der Waals surface area (Å²) in [5.41, 5.74) is 1.92. The van der Waals surface area contributed by atoms with E-state index in [4.69, 9.17) is 25.8 Å². The van der Waals surface area contributed by atoms with Crippen LogP contribution in [-0.2, 0) is 11.2 Å². The Labute approximate surface area is 170 Å². The molecule has 6 nitrogen and oxygen atoms in total. The molecule has 7 heteroatoms. The zero-order valence-electron chi connectivity index (χ0n) is 16.4. The lowest BCUT2D eigenvalue weighted by Crippen LogP contribution is -2.49. The van der Waals surface area contributed by atoms with Gasteiger partial charge in [-0.25, -0.2) is 0 Å². The second kappa shape index (κ2) is 9.06. The summed E-state index contributed by atoms with van der Waals surface area (Å²) in [6.45, 7) is 2.91. The van der Waals surface area contributed by atoms with E-state index in [-0.39, 0.29) is 12.3 Å². The van der Waals surface area contributed by atoms with Crippen LogP contribution in [0, 0.1) is 0 Å². The number of carbonyl (C=O) groups excluding carboxylic acids is 1. The highest BCUT2D eigenvalue weighted by Crippen LogP contribution is 2.38. The number of ether oxygens (including phenoxy) is 3. The van der Waals surface area contributed by atoms with Gasteiger partial charge >= 0.3 is 0 Å². The Bertz CT molecular complexity index is 810. The van der Waals surface area contributed by atoms with Crippen molar-refractivity contribution in [3.8, 4) is 17.2 Å². The molecule has 1 saturated heterocycles. The number of anilines is 1. The van der Waals surface area contributed by atoms with Gasteiger partial charge in [-0.3, -0.25) is 4.79 Å². The first-order valence-corrected chi connectivity index (χ1v) is 9.50. The molecule has 0 N–H and O–H groups in total. The number of halogens is 1. The van der Waals surface area contributed by atoms with E-state index in [2.05, 4.69) is 4.90 Å². The monoisotopic (exact) mass is 404 g/mol. The Morgan fingerprint density at radius 3 is 2.14 bits per heavy atom. The van der Waals surface area contributed by atoms with Crippen molar-refractivity contribution in [1.29, 1.82) is 0 Å². The van der Waals surface area contributed by atoms with E-state index in [1.54, 1.807) is 21.3 Å². The Morgan fingerprint density at radius 2 is 1.61 bits per heavy atom. The molecular weight excluding hydrogens is 380 g/mol. The number of rotatable bonds is 6. The van der Waals surface area contributed by atoms with Crippen LogP contribution >= 0.6 is 11.6 Å². The minimum Gasteiger partial charge on any atom is -0.493 e. The zero-order chi connectivity index (χ0) is 20.1. The van der Waals surface area contributed by atoms with Crippen LogP contribution in [0.3, 0.4) is 0 Å². The summed E-state index contributed by atoms with van der Waals surface area (Å²) < 4.78 is 16.1. The van der Waals surface area contributed by atoms with Crippen LogP contribution in [0.25, 0.3) is 0 Å². The quantitative estimate of drug-likeness (QED) is 0.739. The number of nitrogens with zero attached hydrogens (tertiary/aromatic N) is 2. The summed E-state index contributed by atoms with van der Waals surface area (Å²) in [6, 6.07) is 11.4. The maximum absolute atomic E-state index is 12.8. The molecule has 0 saturated carbocycles. The lowest BCUT2D eigenvalue weighted by molar-refractivity contribution is -0.130. The Balaban J connectivity index is 1.64. The zero-order valence-corrected chi connectivity index (χ0v) is 17.2. The highest BCUT2D eigenvalue weighted by Gasteiger charge is 2.22. The lowest BCUT2D eigenvalue weighted by Gasteiger charge is -2.36. The van der Waals surface area contributed by atoms with Crippen LogP contribution in [0.1, 0.15) is 5.56 Å². The van der Waals surface area contributed by atoms with Gasteiger partial charge in [0.15, 0.2) is 11.5 Å². The molecule has 1 heterocycles. The van der Waals surface area contributed by atoms with Crippen LogP contribution in [-0.4, -0.2) is 58.3 Å². The average Bonchev–Trinajstić information content (AvgIpc) is 2.73. The smallest absolute Gasteiger partial charge is 0.227 e. The molecule has 0 spiro atoms. The third-order valence-corrected chi connectivity index (χ3v) is 5.12. The van der Waals surface area contributed by atoms with Gasteiger partial charge in [0, 0.05) is 36.9 Å². The Kier molecular flexibility index (Phi) is 6.52. The standard InChI is InChI=1S/C21H25ClN2O4/c1-26-18-11-15(12-19(27-2)21(18)28-3)13-20(25)24-9-7-23(8-10-24)17-6-4-5-16(22)14-17/h4-6,11-12,14H,7-10,13H2,1-3H3. The molecule has 1 fully saturated rings. The van der Waals surface area contributed by atoms with Crippen LogP contribution in [0.2, 0.25) is 5.02 Å². The van der Waals surface area contributed by atoms with Gasteiger partial charge in [-0.1, -0.05) is 17.7 Å². The number of methoxy groups -OCH3 is 3. The van der Waals surface area contributed by atoms with Gasteiger partial charge in [0.1, 0.15) is 0 Å². The molecule has 0 radical (unpaired) electrons. The summed E-state index contributed by atoms with van der Waals surface area (Å²) >= 11 is 6.08. The molecule has 0 aliphatic carbocycles. The number of hydrogen-bond acceptors (Lipinski definition) is 5. The lowest BCUT2D eigenvalue weighted by atomic mass is 10.1. The third kappa shape index (κ3) is 4.44. The minimum absolute atomic E-state index is 0.0833. The second-order valence-corrected chi connectivity index (χ2v) is 6.99. The summed E-state index contributed by atoms with van der Waals surface area (Å²) in [4.78, 5) is 16.9. The highest BCUT2D eigenvalue weighted by atomic mass is 35.5. The molecule has 1 amide bonds. The molecule has 150 valence electrons. The van der Waals surface area contributed by atoms with Crippen LogP contribution in [0.4, 0.5) is 5.69 Å². The molecule has 28 heavy (non-hydrogen) atoms. The molecule has 1 aliphatic heterocycles. The van der Waals surface area contributed by atoms with Gasteiger partial charge in [0.25, 0.3) is 0 Å². The SMILES string of the molecule is COc1cc(CC(=O)N2CCN(c3cccc(Cl)c3)CC2)cc(OC)c1OC. The third-order valence-electron chi connectivity index (χ3n) is 4.89. The highest BCUT2D eigenvalue weighted by molar-refractivity contribution is 6.30. The Hall–Kier alpha value is -2.60. The van der Waals surface area contributed by atoms with Crippen LogP contribution in [0.5, 0.6) is 17.2 Å². The van der Waals surface area contributed by atoms with E-state index in [0.29, 0.717) is 30.3 Å². The van der Waals surface area contributed by atoms with E-state index in [1.165, 1.54) is 0 Å². The van der Waals surface area contributed by atoms with Gasteiger partial charge in [0.05, 0.1) is 27.8 Å². The predicted molar refractivity (Wildman–Crippen MR) is 110 cm³/mol. The number of piperazine rings is 1. The maximum atomic E-state index is 12.8. The van der Waals surface area contributed by atoms with E-state index in [0.717, 1.165) is 29.4 Å². The van der Waals surface area contributed by atoms with Crippen molar-refractivity contribution >= 4 is 23.2 Å². The van der Waals surface area contributed by atoms with E-state index >= 15 is 0 Å². The second-order valence-electron chi connectivity index (χ2n) is 6.56. The van der Waals surface area contributed by atoms with Gasteiger partial charge < -0.3 is 24.0 Å². The number of amides is 1. The van der Waals surface area contributed by atoms with E-state index in [1.807, 2.05) is 41.3 Å². The average molecular weight is 405 g/mol. The van der Waals surface area contributed by atoms with Crippen molar-refractivity contribution in [3.05, 3.63) is 47.0 Å². The molecule has 2 aromatic rings. The van der Waals surface area contributed by atoms with Crippen molar-refractivity contribution in [2.45, 2.75) is 6.42 Å². The van der Waals surface area contributed by atoms with Gasteiger partial charge in [-0.15, -0.1) is 0 Å². The first kappa shape index (κ1) is 20.1. The number of benzene rings is 2. The fourth-order valence-electron chi connectivity index (χ4n) is 3.41. The summed E-state index contributed by atoms with van der Waals surface area (Å²) in [7, 11) is 4.69. The molecular formula is C21H25ClN2O4. The normalized spacial score (nSPS) is 14.0. The predicted octanol–water partition coefficient (Wildman–Crippen LogP) is 3.26. The van der Waals surface area contributed by atoms with Crippen LogP contribution in [0.15, 0.2) is 36.4 Å². The molecule has 1 aliphatic rings.